The summed E-state index contributed by atoms with van der Waals surface area (Å²) in [7, 11) is 1.03. The molecule has 0 aromatic carbocycles. The molecule has 0 heterocycles. The van der Waals surface area contributed by atoms with Crippen LogP contribution in [0.4, 0.5) is 0 Å². The fourth-order valence-corrected chi connectivity index (χ4v) is 7.51. The molecule has 332 valence electrons. The first-order chi connectivity index (χ1) is 27.2. The Hall–Kier alpha value is -1.92. The number of ether oxygens (including phenoxy) is 2. The number of carbonyl (C=O) groups is 3. The Morgan fingerprint density at radius 3 is 2.05 bits per heavy atom. The maximum Gasteiger partial charge on any atom is 0.306 e. The number of allylic oxidation sites excluding steroid dienone is 2. The van der Waals surface area contributed by atoms with E-state index in [4.69, 9.17) is 18.5 Å². The Bertz CT molecular complexity index is 1190. The number of rotatable bonds is 36. The van der Waals surface area contributed by atoms with Gasteiger partial charge in [-0.05, 0) is 51.4 Å². The highest BCUT2D eigenvalue weighted by molar-refractivity contribution is 7.45. The number of likely N-dealkylation sites (N-methyl/N-ethyl adjacent to an activating group) is 1. The van der Waals surface area contributed by atoms with Crippen LogP contribution in [0.5, 0.6) is 0 Å². The van der Waals surface area contributed by atoms with Crippen molar-refractivity contribution < 1.29 is 57.1 Å². The van der Waals surface area contributed by atoms with E-state index in [0.29, 0.717) is 36.7 Å². The zero-order chi connectivity index (χ0) is 42.4. The molecule has 0 aromatic rings. The molecule has 0 spiro atoms. The summed E-state index contributed by atoms with van der Waals surface area (Å²) in [6.07, 6.45) is 25.3. The normalized spacial score (nSPS) is 19.6. The minimum absolute atomic E-state index is 0.0479. The van der Waals surface area contributed by atoms with Crippen LogP contribution < -0.4 is 4.89 Å². The van der Waals surface area contributed by atoms with Crippen LogP contribution in [0, 0.1) is 11.8 Å². The summed E-state index contributed by atoms with van der Waals surface area (Å²) in [5.74, 6) is -1.53. The number of quaternary nitrogens is 1. The minimum Gasteiger partial charge on any atom is -0.756 e. The van der Waals surface area contributed by atoms with E-state index in [0.717, 1.165) is 77.0 Å². The third-order valence-corrected chi connectivity index (χ3v) is 11.3. The largest absolute Gasteiger partial charge is 0.756 e. The van der Waals surface area contributed by atoms with Crippen LogP contribution in [0.25, 0.3) is 0 Å². The molecule has 6 atom stereocenters. The third-order valence-electron chi connectivity index (χ3n) is 10.3. The number of nitrogens with zero attached hydrogens (tertiary/aromatic N) is 1. The zero-order valence-electron chi connectivity index (χ0n) is 36.3. The van der Waals surface area contributed by atoms with Gasteiger partial charge in [0, 0.05) is 31.1 Å². The van der Waals surface area contributed by atoms with E-state index < -0.39 is 44.7 Å². The zero-order valence-corrected chi connectivity index (χ0v) is 37.1. The van der Waals surface area contributed by atoms with Crippen molar-refractivity contribution in [2.45, 2.75) is 180 Å². The number of Topliss-reactive ketones (excluding diaryl/α,β-unsaturated/α-hetero) is 1. The first-order valence-electron chi connectivity index (χ1n) is 22.1. The molecule has 2 N–H and O–H groups in total. The van der Waals surface area contributed by atoms with Crippen LogP contribution in [-0.4, -0.2) is 98.2 Å². The van der Waals surface area contributed by atoms with Crippen LogP contribution >= 0.6 is 7.82 Å². The highest BCUT2D eigenvalue weighted by Gasteiger charge is 2.39. The van der Waals surface area contributed by atoms with Gasteiger partial charge in [0.15, 0.2) is 6.10 Å². The topological polar surface area (TPSA) is 169 Å². The molecule has 0 bridgehead atoms. The van der Waals surface area contributed by atoms with Crippen molar-refractivity contribution in [3.63, 3.8) is 0 Å². The van der Waals surface area contributed by atoms with Gasteiger partial charge >= 0.3 is 11.9 Å². The predicted molar refractivity (Wildman–Crippen MR) is 223 cm³/mol. The summed E-state index contributed by atoms with van der Waals surface area (Å²) >= 11 is 0. The van der Waals surface area contributed by atoms with Gasteiger partial charge in [0.25, 0.3) is 7.82 Å². The monoisotopic (exact) mass is 830 g/mol. The van der Waals surface area contributed by atoms with E-state index >= 15 is 0 Å². The molecule has 0 saturated heterocycles. The number of carbonyl (C=O) groups excluding carboxylic acids is 3. The van der Waals surface area contributed by atoms with Gasteiger partial charge in [0.05, 0.1) is 40.0 Å². The van der Waals surface area contributed by atoms with Crippen LogP contribution in [0.2, 0.25) is 0 Å². The number of hydrogen-bond acceptors (Lipinski definition) is 11. The third kappa shape index (κ3) is 29.0. The first-order valence-corrected chi connectivity index (χ1v) is 23.6. The minimum atomic E-state index is -4.68. The van der Waals surface area contributed by atoms with E-state index in [1.165, 1.54) is 25.7 Å². The Morgan fingerprint density at radius 1 is 0.825 bits per heavy atom. The molecule has 1 fully saturated rings. The van der Waals surface area contributed by atoms with E-state index in [1.54, 1.807) is 6.08 Å². The van der Waals surface area contributed by atoms with Crippen molar-refractivity contribution >= 4 is 25.5 Å². The first kappa shape index (κ1) is 53.1. The van der Waals surface area contributed by atoms with Gasteiger partial charge in [-0.15, -0.1) is 0 Å². The fraction of sp³-hybridized carbons (Fsp3) is 0.841. The molecule has 1 aliphatic carbocycles. The summed E-state index contributed by atoms with van der Waals surface area (Å²) in [4.78, 5) is 50.3. The predicted octanol–water partition coefficient (Wildman–Crippen LogP) is 8.31. The van der Waals surface area contributed by atoms with Crippen LogP contribution in [0.1, 0.15) is 162 Å². The second-order valence-corrected chi connectivity index (χ2v) is 18.2. The number of aliphatic hydroxyl groups excluding tert-OH is 2. The SMILES string of the molecule is CCCCCC/C=C\CCCCCCCC(=O)O[C@H](COC(=O)CCCCCC[C@H]1C(=O)C[C@@H](O)[C@@H]1/C=C/[C@@H](O)CCCCC)COP(=O)([O-])OCC[N+](C)(C)C. The number of hydrogen-bond donors (Lipinski definition) is 2. The van der Waals surface area contributed by atoms with E-state index in [9.17, 15) is 34.1 Å². The quantitative estimate of drug-likeness (QED) is 0.0205. The average molecular weight is 830 g/mol. The van der Waals surface area contributed by atoms with Gasteiger partial charge in [0.1, 0.15) is 25.5 Å². The van der Waals surface area contributed by atoms with E-state index in [2.05, 4.69) is 26.0 Å². The summed E-state index contributed by atoms with van der Waals surface area (Å²) in [6.45, 7) is 3.82. The van der Waals surface area contributed by atoms with Crippen molar-refractivity contribution in [1.82, 2.24) is 0 Å². The Kier molecular flexibility index (Phi) is 29.7. The van der Waals surface area contributed by atoms with Crippen molar-refractivity contribution in [2.24, 2.45) is 11.8 Å². The lowest BCUT2D eigenvalue weighted by atomic mass is 9.88. The summed E-state index contributed by atoms with van der Waals surface area (Å²) in [5, 5.41) is 20.7. The molecular formula is C44H80NO11P. The highest BCUT2D eigenvalue weighted by Crippen LogP contribution is 2.38. The number of phosphoric acid groups is 1. The Morgan fingerprint density at radius 2 is 1.40 bits per heavy atom. The average Bonchev–Trinajstić information content (AvgIpc) is 3.41. The van der Waals surface area contributed by atoms with Crippen molar-refractivity contribution in [1.29, 1.82) is 0 Å². The van der Waals surface area contributed by atoms with Crippen molar-refractivity contribution in [3.05, 3.63) is 24.3 Å². The molecule has 1 rings (SSSR count). The van der Waals surface area contributed by atoms with Gasteiger partial charge < -0.3 is 38.1 Å². The number of esters is 2. The van der Waals surface area contributed by atoms with Gasteiger partial charge in [-0.3, -0.25) is 18.9 Å². The van der Waals surface area contributed by atoms with Crippen molar-refractivity contribution in [2.75, 3.05) is 47.5 Å². The molecule has 0 aromatic heterocycles. The molecule has 1 aliphatic rings. The molecule has 0 amide bonds. The Balaban J connectivity index is 2.48. The molecule has 13 heteroatoms. The molecular weight excluding hydrogens is 749 g/mol. The smallest absolute Gasteiger partial charge is 0.306 e. The summed E-state index contributed by atoms with van der Waals surface area (Å²) < 4.78 is 33.8. The summed E-state index contributed by atoms with van der Waals surface area (Å²) in [5.41, 5.74) is 0. The van der Waals surface area contributed by atoms with Gasteiger partial charge in [-0.25, -0.2) is 0 Å². The number of ketones is 1. The van der Waals surface area contributed by atoms with Crippen LogP contribution in [0.15, 0.2) is 24.3 Å². The lowest BCUT2D eigenvalue weighted by Gasteiger charge is -2.28. The highest BCUT2D eigenvalue weighted by atomic mass is 31.2. The Labute approximate surface area is 345 Å². The lowest BCUT2D eigenvalue weighted by Crippen LogP contribution is -2.37. The van der Waals surface area contributed by atoms with E-state index in [1.807, 2.05) is 27.2 Å². The maximum atomic E-state index is 12.7. The van der Waals surface area contributed by atoms with Gasteiger partial charge in [-0.1, -0.05) is 115 Å². The number of aliphatic hydroxyl groups is 2. The molecule has 1 unspecified atom stereocenters. The standard InChI is InChI=1S/C44H80NO11P/c1-6-8-10-11-12-13-14-15-16-17-18-19-25-29-44(50)56-38(36-55-57(51,52)54-33-32-45(3,4)5)35-53-43(49)28-24-21-20-23-27-39-40(42(48)34-41(39)47)31-30-37(46)26-22-9-7-2/h13-14,30-31,37-40,42,46,48H,6-12,15-29,32-36H2,1-5H3/b14-13-,31-30+/t37-,38+,39+,40+,42+/m0/s1. The fourth-order valence-electron chi connectivity index (χ4n) is 6.78. The van der Waals surface area contributed by atoms with Gasteiger partial charge in [0.2, 0.25) is 0 Å². The summed E-state index contributed by atoms with van der Waals surface area (Å²) in [6, 6.07) is 0. The second-order valence-electron chi connectivity index (χ2n) is 16.8. The molecule has 1 saturated carbocycles. The van der Waals surface area contributed by atoms with Gasteiger partial charge in [-0.2, -0.15) is 0 Å². The molecule has 57 heavy (non-hydrogen) atoms. The maximum absolute atomic E-state index is 12.7. The second kappa shape index (κ2) is 31.9. The van der Waals surface area contributed by atoms with Crippen molar-refractivity contribution in [3.8, 4) is 0 Å². The molecule has 0 radical (unpaired) electrons. The lowest BCUT2D eigenvalue weighted by molar-refractivity contribution is -0.870. The van der Waals surface area contributed by atoms with Crippen LogP contribution in [-0.2, 0) is 37.5 Å². The van der Waals surface area contributed by atoms with Crippen LogP contribution in [0.3, 0.4) is 0 Å². The van der Waals surface area contributed by atoms with E-state index in [-0.39, 0.29) is 50.1 Å². The number of unbranched alkanes of at least 4 members (excludes halogenated alkanes) is 14. The number of phosphoric ester groups is 1. The molecule has 12 nitrogen and oxygen atoms in total. The molecule has 0 aliphatic heterocycles.